The van der Waals surface area contributed by atoms with E-state index in [2.05, 4.69) is 28.9 Å². The molecule has 4 nitrogen and oxygen atoms in total. The molecule has 0 saturated heterocycles. The molecule has 0 saturated carbocycles. The molecular weight excluding hydrogens is 250 g/mol. The molecule has 0 N–H and O–H groups in total. The van der Waals surface area contributed by atoms with Crippen LogP contribution in [0.5, 0.6) is 0 Å². The van der Waals surface area contributed by atoms with Crippen molar-refractivity contribution in [2.24, 2.45) is 0 Å². The summed E-state index contributed by atoms with van der Waals surface area (Å²) in [4.78, 5) is 8.80. The second-order valence-electron chi connectivity index (χ2n) is 5.23. The molecule has 0 spiro atoms. The summed E-state index contributed by atoms with van der Waals surface area (Å²) in [6, 6.07) is 8.25. The van der Waals surface area contributed by atoms with Gasteiger partial charge in [-0.15, -0.1) is 0 Å². The topological polar surface area (TPSA) is 32.5 Å². The van der Waals surface area contributed by atoms with E-state index in [4.69, 9.17) is 4.42 Å². The molecule has 0 amide bonds. The van der Waals surface area contributed by atoms with Gasteiger partial charge in [-0.05, 0) is 37.2 Å². The SMILES string of the molecule is CCN(Cc1ccc(N(C)C)nc1)Cc1ccc(C)o1. The van der Waals surface area contributed by atoms with Crippen LogP contribution in [0.15, 0.2) is 34.9 Å². The summed E-state index contributed by atoms with van der Waals surface area (Å²) in [5.41, 5.74) is 1.22. The first kappa shape index (κ1) is 14.6. The highest BCUT2D eigenvalue weighted by Crippen LogP contribution is 2.13. The lowest BCUT2D eigenvalue weighted by atomic mass is 10.2. The zero-order valence-corrected chi connectivity index (χ0v) is 12.8. The minimum atomic E-state index is 0.833. The summed E-state index contributed by atoms with van der Waals surface area (Å²) < 4.78 is 5.64. The van der Waals surface area contributed by atoms with Crippen LogP contribution in [-0.2, 0) is 13.1 Å². The summed E-state index contributed by atoms with van der Waals surface area (Å²) in [6.07, 6.45) is 1.95. The van der Waals surface area contributed by atoms with Crippen molar-refractivity contribution in [1.29, 1.82) is 0 Å². The predicted molar refractivity (Wildman–Crippen MR) is 81.8 cm³/mol. The second-order valence-corrected chi connectivity index (χ2v) is 5.23. The molecule has 0 aromatic carbocycles. The maximum Gasteiger partial charge on any atom is 0.127 e. The minimum Gasteiger partial charge on any atom is -0.465 e. The van der Waals surface area contributed by atoms with E-state index in [0.29, 0.717) is 0 Å². The van der Waals surface area contributed by atoms with Gasteiger partial charge in [-0.25, -0.2) is 4.98 Å². The van der Waals surface area contributed by atoms with Gasteiger partial charge in [-0.3, -0.25) is 4.90 Å². The molecule has 0 bridgehead atoms. The molecule has 0 radical (unpaired) electrons. The monoisotopic (exact) mass is 273 g/mol. The van der Waals surface area contributed by atoms with Crippen molar-refractivity contribution in [1.82, 2.24) is 9.88 Å². The lowest BCUT2D eigenvalue weighted by Gasteiger charge is -2.19. The minimum absolute atomic E-state index is 0.833. The maximum atomic E-state index is 5.64. The Morgan fingerprint density at radius 1 is 1.10 bits per heavy atom. The molecule has 0 aliphatic carbocycles. The Bertz CT molecular complexity index is 531. The molecule has 0 unspecified atom stereocenters. The van der Waals surface area contributed by atoms with E-state index in [1.165, 1.54) is 5.56 Å². The van der Waals surface area contributed by atoms with Crippen LogP contribution in [0.25, 0.3) is 0 Å². The van der Waals surface area contributed by atoms with Gasteiger partial charge in [0.05, 0.1) is 6.54 Å². The fourth-order valence-electron chi connectivity index (χ4n) is 2.10. The van der Waals surface area contributed by atoms with Gasteiger partial charge in [0.1, 0.15) is 17.3 Å². The van der Waals surface area contributed by atoms with Crippen molar-refractivity contribution in [3.8, 4) is 0 Å². The number of furan rings is 1. The number of aryl methyl sites for hydroxylation is 1. The van der Waals surface area contributed by atoms with Crippen LogP contribution in [0, 0.1) is 6.92 Å². The number of anilines is 1. The Balaban J connectivity index is 1.98. The number of rotatable bonds is 6. The van der Waals surface area contributed by atoms with Gasteiger partial charge in [-0.2, -0.15) is 0 Å². The zero-order chi connectivity index (χ0) is 14.5. The van der Waals surface area contributed by atoms with Crippen molar-refractivity contribution in [2.45, 2.75) is 26.9 Å². The van der Waals surface area contributed by atoms with E-state index in [0.717, 1.165) is 37.0 Å². The summed E-state index contributed by atoms with van der Waals surface area (Å²) >= 11 is 0. The second kappa shape index (κ2) is 6.57. The fraction of sp³-hybridized carbons (Fsp3) is 0.438. The van der Waals surface area contributed by atoms with Crippen molar-refractivity contribution in [3.05, 3.63) is 47.5 Å². The number of nitrogens with zero attached hydrogens (tertiary/aromatic N) is 3. The molecule has 4 heteroatoms. The Labute approximate surface area is 121 Å². The summed E-state index contributed by atoms with van der Waals surface area (Å²) in [7, 11) is 4.00. The third-order valence-corrected chi connectivity index (χ3v) is 3.30. The molecule has 2 aromatic rings. The van der Waals surface area contributed by atoms with Crippen LogP contribution in [0.4, 0.5) is 5.82 Å². The van der Waals surface area contributed by atoms with Crippen molar-refractivity contribution < 1.29 is 4.42 Å². The molecule has 108 valence electrons. The van der Waals surface area contributed by atoms with E-state index in [1.54, 1.807) is 0 Å². The Morgan fingerprint density at radius 3 is 2.40 bits per heavy atom. The van der Waals surface area contributed by atoms with E-state index >= 15 is 0 Å². The molecular formula is C16H23N3O. The Kier molecular flexibility index (Phi) is 4.79. The van der Waals surface area contributed by atoms with Crippen LogP contribution in [0.3, 0.4) is 0 Å². The van der Waals surface area contributed by atoms with Gasteiger partial charge in [0, 0.05) is 26.8 Å². The summed E-state index contributed by atoms with van der Waals surface area (Å²) in [5.74, 6) is 2.97. The molecule has 0 aliphatic heterocycles. The van der Waals surface area contributed by atoms with Gasteiger partial charge in [-0.1, -0.05) is 13.0 Å². The van der Waals surface area contributed by atoms with E-state index < -0.39 is 0 Å². The largest absolute Gasteiger partial charge is 0.465 e. The fourth-order valence-corrected chi connectivity index (χ4v) is 2.10. The smallest absolute Gasteiger partial charge is 0.127 e. The molecule has 2 heterocycles. The highest BCUT2D eigenvalue weighted by molar-refractivity contribution is 5.37. The van der Waals surface area contributed by atoms with Crippen molar-refractivity contribution in [2.75, 3.05) is 25.5 Å². The van der Waals surface area contributed by atoms with Crippen LogP contribution in [0.1, 0.15) is 24.0 Å². The molecule has 0 fully saturated rings. The van der Waals surface area contributed by atoms with Gasteiger partial charge in [0.25, 0.3) is 0 Å². The number of hydrogen-bond acceptors (Lipinski definition) is 4. The normalized spacial score (nSPS) is 11.1. The molecule has 0 aliphatic rings. The molecule has 2 aromatic heterocycles. The lowest BCUT2D eigenvalue weighted by Crippen LogP contribution is -2.22. The number of aromatic nitrogens is 1. The third kappa shape index (κ3) is 3.84. The lowest BCUT2D eigenvalue weighted by molar-refractivity contribution is 0.246. The number of hydrogen-bond donors (Lipinski definition) is 0. The van der Waals surface area contributed by atoms with E-state index in [1.807, 2.05) is 44.2 Å². The first-order chi connectivity index (χ1) is 9.58. The third-order valence-electron chi connectivity index (χ3n) is 3.30. The zero-order valence-electron chi connectivity index (χ0n) is 12.8. The predicted octanol–water partition coefficient (Wildman–Crippen LogP) is 3.07. The highest BCUT2D eigenvalue weighted by Gasteiger charge is 2.08. The molecule has 0 atom stereocenters. The highest BCUT2D eigenvalue weighted by atomic mass is 16.3. The standard InChI is InChI=1S/C16H23N3O/c1-5-19(12-15-8-6-13(2)20-15)11-14-7-9-16(17-10-14)18(3)4/h6-10H,5,11-12H2,1-4H3. The molecule has 2 rings (SSSR count). The van der Waals surface area contributed by atoms with Crippen LogP contribution < -0.4 is 4.90 Å². The van der Waals surface area contributed by atoms with E-state index in [9.17, 15) is 0 Å². The van der Waals surface area contributed by atoms with E-state index in [-0.39, 0.29) is 0 Å². The maximum absolute atomic E-state index is 5.64. The van der Waals surface area contributed by atoms with Crippen LogP contribution in [-0.4, -0.2) is 30.5 Å². The van der Waals surface area contributed by atoms with Crippen LogP contribution in [0.2, 0.25) is 0 Å². The van der Waals surface area contributed by atoms with Gasteiger partial charge in [0.2, 0.25) is 0 Å². The van der Waals surface area contributed by atoms with Crippen molar-refractivity contribution >= 4 is 5.82 Å². The van der Waals surface area contributed by atoms with Gasteiger partial charge in [0.15, 0.2) is 0 Å². The van der Waals surface area contributed by atoms with Crippen LogP contribution >= 0.6 is 0 Å². The van der Waals surface area contributed by atoms with Gasteiger partial charge >= 0.3 is 0 Å². The Hall–Kier alpha value is -1.81. The van der Waals surface area contributed by atoms with Crippen molar-refractivity contribution in [3.63, 3.8) is 0 Å². The quantitative estimate of drug-likeness (QED) is 0.809. The van der Waals surface area contributed by atoms with Gasteiger partial charge < -0.3 is 9.32 Å². The Morgan fingerprint density at radius 2 is 1.90 bits per heavy atom. The average Bonchev–Trinajstić information content (AvgIpc) is 2.84. The average molecular weight is 273 g/mol. The number of pyridine rings is 1. The first-order valence-electron chi connectivity index (χ1n) is 6.98. The molecule has 20 heavy (non-hydrogen) atoms. The summed E-state index contributed by atoms with van der Waals surface area (Å²) in [6.45, 7) is 6.84. The first-order valence-corrected chi connectivity index (χ1v) is 6.98. The summed E-state index contributed by atoms with van der Waals surface area (Å²) in [5, 5.41) is 0.